The molecule has 2 atom stereocenters. The van der Waals surface area contributed by atoms with E-state index in [9.17, 15) is 5.11 Å². The molecule has 0 fully saturated rings. The van der Waals surface area contributed by atoms with Gasteiger partial charge in [0.15, 0.2) is 0 Å². The predicted molar refractivity (Wildman–Crippen MR) is 51.9 cm³/mol. The molecule has 0 radical (unpaired) electrons. The molecule has 0 bridgehead atoms. The summed E-state index contributed by atoms with van der Waals surface area (Å²) in [4.78, 5) is 0. The number of rotatable bonds is 1. The van der Waals surface area contributed by atoms with Gasteiger partial charge < -0.3 is 5.11 Å². The van der Waals surface area contributed by atoms with Gasteiger partial charge in [-0.3, -0.25) is 0 Å². The number of hydrogen-bond acceptors (Lipinski definition) is 1. The first-order valence-electron chi connectivity index (χ1n) is 4.49. The first-order valence-corrected chi connectivity index (χ1v) is 4.49. The third kappa shape index (κ3) is 1.61. The Kier molecular flexibility index (Phi) is 2.43. The zero-order valence-electron chi connectivity index (χ0n) is 8.22. The standard InChI is InChI=1S/C11H18O/c1-8-5-6-11(4,10(3)12)7-9(8)2/h5,10,12H,2,6-7H2,1,3-4H3. The average Bonchev–Trinajstić information content (AvgIpc) is 1.97. The highest BCUT2D eigenvalue weighted by atomic mass is 16.3. The smallest absolute Gasteiger partial charge is 0.0571 e. The Bertz CT molecular complexity index is 225. The van der Waals surface area contributed by atoms with Crippen LogP contribution in [0.2, 0.25) is 0 Å². The molecule has 0 aromatic carbocycles. The predicted octanol–water partition coefficient (Wildman–Crippen LogP) is 2.67. The van der Waals surface area contributed by atoms with Crippen LogP contribution in [0, 0.1) is 5.41 Å². The molecular formula is C11H18O. The molecule has 0 aromatic heterocycles. The molecule has 1 rings (SSSR count). The van der Waals surface area contributed by atoms with Crippen molar-refractivity contribution in [3.8, 4) is 0 Å². The molecule has 1 aliphatic carbocycles. The van der Waals surface area contributed by atoms with Crippen molar-refractivity contribution in [1.29, 1.82) is 0 Å². The maximum absolute atomic E-state index is 9.57. The minimum atomic E-state index is -0.251. The minimum absolute atomic E-state index is 0.0105. The quantitative estimate of drug-likeness (QED) is 0.635. The van der Waals surface area contributed by atoms with Gasteiger partial charge in [-0.25, -0.2) is 0 Å². The van der Waals surface area contributed by atoms with Crippen LogP contribution in [0.3, 0.4) is 0 Å². The van der Waals surface area contributed by atoms with E-state index < -0.39 is 0 Å². The monoisotopic (exact) mass is 166 g/mol. The van der Waals surface area contributed by atoms with Gasteiger partial charge in [0.25, 0.3) is 0 Å². The highest BCUT2D eigenvalue weighted by Gasteiger charge is 2.32. The molecule has 1 nitrogen and oxygen atoms in total. The van der Waals surface area contributed by atoms with Crippen LogP contribution < -0.4 is 0 Å². The highest BCUT2D eigenvalue weighted by Crippen LogP contribution is 2.39. The molecule has 0 spiro atoms. The lowest BCUT2D eigenvalue weighted by Crippen LogP contribution is -2.31. The Labute approximate surface area is 74.8 Å². The molecule has 0 heterocycles. The molecule has 0 amide bonds. The van der Waals surface area contributed by atoms with Crippen LogP contribution in [0.5, 0.6) is 0 Å². The summed E-state index contributed by atoms with van der Waals surface area (Å²) in [6, 6.07) is 0. The van der Waals surface area contributed by atoms with Crippen molar-refractivity contribution in [3.05, 3.63) is 23.8 Å². The molecule has 0 saturated heterocycles. The van der Waals surface area contributed by atoms with Gasteiger partial charge in [-0.1, -0.05) is 30.7 Å². The molecule has 12 heavy (non-hydrogen) atoms. The van der Waals surface area contributed by atoms with E-state index in [1.807, 2.05) is 6.92 Å². The first kappa shape index (κ1) is 9.53. The van der Waals surface area contributed by atoms with E-state index in [-0.39, 0.29) is 11.5 Å². The van der Waals surface area contributed by atoms with Gasteiger partial charge in [0.2, 0.25) is 0 Å². The van der Waals surface area contributed by atoms with E-state index in [1.165, 1.54) is 11.1 Å². The minimum Gasteiger partial charge on any atom is -0.393 e. The summed E-state index contributed by atoms with van der Waals surface area (Å²) in [7, 11) is 0. The van der Waals surface area contributed by atoms with Crippen molar-refractivity contribution in [2.75, 3.05) is 0 Å². The van der Waals surface area contributed by atoms with Crippen LogP contribution in [-0.2, 0) is 0 Å². The van der Waals surface area contributed by atoms with Gasteiger partial charge in [-0.05, 0) is 26.7 Å². The van der Waals surface area contributed by atoms with E-state index in [2.05, 4.69) is 26.5 Å². The molecule has 0 aromatic rings. The van der Waals surface area contributed by atoms with Gasteiger partial charge in [0.1, 0.15) is 0 Å². The van der Waals surface area contributed by atoms with Gasteiger partial charge in [-0.2, -0.15) is 0 Å². The van der Waals surface area contributed by atoms with Crippen LogP contribution in [0.25, 0.3) is 0 Å². The maximum atomic E-state index is 9.57. The number of aliphatic hydroxyl groups excluding tert-OH is 1. The number of allylic oxidation sites excluding steroid dienone is 3. The summed E-state index contributed by atoms with van der Waals surface area (Å²) in [6.45, 7) is 10.1. The van der Waals surface area contributed by atoms with Gasteiger partial charge in [-0.15, -0.1) is 0 Å². The third-order valence-corrected chi connectivity index (χ3v) is 3.06. The van der Waals surface area contributed by atoms with Crippen LogP contribution >= 0.6 is 0 Å². The Hall–Kier alpha value is -0.560. The van der Waals surface area contributed by atoms with Crippen molar-refractivity contribution in [2.45, 2.75) is 39.7 Å². The Morgan fingerprint density at radius 2 is 2.25 bits per heavy atom. The summed E-state index contributed by atoms with van der Waals surface area (Å²) < 4.78 is 0. The molecular weight excluding hydrogens is 148 g/mol. The first-order chi connectivity index (χ1) is 5.46. The Morgan fingerprint density at radius 1 is 1.67 bits per heavy atom. The number of aliphatic hydroxyl groups is 1. The SMILES string of the molecule is C=C1CC(C)(C(C)O)CC=C1C. The van der Waals surface area contributed by atoms with Crippen molar-refractivity contribution in [2.24, 2.45) is 5.41 Å². The van der Waals surface area contributed by atoms with Crippen molar-refractivity contribution in [3.63, 3.8) is 0 Å². The maximum Gasteiger partial charge on any atom is 0.0571 e. The Morgan fingerprint density at radius 3 is 2.67 bits per heavy atom. The van der Waals surface area contributed by atoms with Gasteiger partial charge in [0, 0.05) is 5.41 Å². The van der Waals surface area contributed by atoms with E-state index in [0.717, 1.165) is 12.8 Å². The summed E-state index contributed by atoms with van der Waals surface area (Å²) >= 11 is 0. The van der Waals surface area contributed by atoms with Crippen LogP contribution in [0.15, 0.2) is 23.8 Å². The van der Waals surface area contributed by atoms with Crippen molar-refractivity contribution < 1.29 is 5.11 Å². The third-order valence-electron chi connectivity index (χ3n) is 3.06. The second-order valence-electron chi connectivity index (χ2n) is 4.20. The van der Waals surface area contributed by atoms with E-state index in [4.69, 9.17) is 0 Å². The van der Waals surface area contributed by atoms with E-state index in [0.29, 0.717) is 0 Å². The van der Waals surface area contributed by atoms with Crippen LogP contribution in [0.1, 0.15) is 33.6 Å². The van der Waals surface area contributed by atoms with Crippen LogP contribution in [0.4, 0.5) is 0 Å². The second kappa shape index (κ2) is 3.06. The second-order valence-corrected chi connectivity index (χ2v) is 4.20. The largest absolute Gasteiger partial charge is 0.393 e. The molecule has 2 unspecified atom stereocenters. The molecule has 1 heteroatoms. The molecule has 1 aliphatic rings. The van der Waals surface area contributed by atoms with Crippen molar-refractivity contribution >= 4 is 0 Å². The summed E-state index contributed by atoms with van der Waals surface area (Å²) in [5.74, 6) is 0. The normalized spacial score (nSPS) is 33.0. The number of hydrogen-bond donors (Lipinski definition) is 1. The fourth-order valence-corrected chi connectivity index (χ4v) is 1.55. The zero-order valence-corrected chi connectivity index (χ0v) is 8.22. The summed E-state index contributed by atoms with van der Waals surface area (Å²) in [6.07, 6.45) is 3.82. The summed E-state index contributed by atoms with van der Waals surface area (Å²) in [5.41, 5.74) is 2.47. The van der Waals surface area contributed by atoms with Gasteiger partial charge in [0.05, 0.1) is 6.10 Å². The molecule has 1 N–H and O–H groups in total. The van der Waals surface area contributed by atoms with E-state index >= 15 is 0 Å². The Balaban J connectivity index is 2.83. The fourth-order valence-electron chi connectivity index (χ4n) is 1.55. The summed E-state index contributed by atoms with van der Waals surface area (Å²) in [5, 5.41) is 9.57. The lowest BCUT2D eigenvalue weighted by atomic mass is 9.71. The van der Waals surface area contributed by atoms with Crippen molar-refractivity contribution in [1.82, 2.24) is 0 Å². The lowest BCUT2D eigenvalue weighted by molar-refractivity contribution is 0.0526. The molecule has 0 saturated carbocycles. The lowest BCUT2D eigenvalue weighted by Gasteiger charge is -2.36. The van der Waals surface area contributed by atoms with E-state index in [1.54, 1.807) is 0 Å². The van der Waals surface area contributed by atoms with Crippen LogP contribution in [-0.4, -0.2) is 11.2 Å². The topological polar surface area (TPSA) is 20.2 Å². The van der Waals surface area contributed by atoms with Gasteiger partial charge >= 0.3 is 0 Å². The average molecular weight is 166 g/mol. The fraction of sp³-hybridized carbons (Fsp3) is 0.636. The molecule has 68 valence electrons. The zero-order chi connectivity index (χ0) is 9.35. The molecule has 0 aliphatic heterocycles. The highest BCUT2D eigenvalue weighted by molar-refractivity contribution is 5.31.